The van der Waals surface area contributed by atoms with E-state index in [-0.39, 0.29) is 24.7 Å². The van der Waals surface area contributed by atoms with Crippen molar-refractivity contribution in [2.75, 3.05) is 31.6 Å². The maximum Gasteiger partial charge on any atom is 0.258 e. The van der Waals surface area contributed by atoms with Gasteiger partial charge in [0, 0.05) is 19.3 Å². The van der Waals surface area contributed by atoms with Gasteiger partial charge in [-0.1, -0.05) is 6.92 Å². The van der Waals surface area contributed by atoms with Crippen molar-refractivity contribution >= 4 is 11.7 Å². The standard InChI is InChI=1S/C15H23N3O3/c1-3-6-16-14-13(5-4-7-17-14)15(20)18-8-12(9-19)21-10-11(18)2/h4-5,7,11-12,19H,3,6,8-10H2,1-2H3,(H,16,17). The Balaban J connectivity index is 2.18. The van der Waals surface area contributed by atoms with Crippen LogP contribution in [0.4, 0.5) is 5.82 Å². The van der Waals surface area contributed by atoms with Crippen LogP contribution in [0, 0.1) is 0 Å². The van der Waals surface area contributed by atoms with E-state index in [9.17, 15) is 9.90 Å². The minimum absolute atomic E-state index is 0.0143. The zero-order chi connectivity index (χ0) is 15.2. The van der Waals surface area contributed by atoms with Gasteiger partial charge < -0.3 is 20.1 Å². The van der Waals surface area contributed by atoms with E-state index in [1.54, 1.807) is 23.2 Å². The minimum Gasteiger partial charge on any atom is -0.394 e. The Morgan fingerprint density at radius 1 is 1.62 bits per heavy atom. The van der Waals surface area contributed by atoms with E-state index in [4.69, 9.17) is 4.74 Å². The van der Waals surface area contributed by atoms with E-state index in [1.807, 2.05) is 6.92 Å². The number of ether oxygens (including phenoxy) is 1. The first kappa shape index (κ1) is 15.7. The van der Waals surface area contributed by atoms with Crippen LogP contribution in [-0.2, 0) is 4.74 Å². The maximum absolute atomic E-state index is 12.8. The van der Waals surface area contributed by atoms with Gasteiger partial charge in [0.15, 0.2) is 0 Å². The summed E-state index contributed by atoms with van der Waals surface area (Å²) in [6.07, 6.45) is 2.33. The monoisotopic (exact) mass is 293 g/mol. The fraction of sp³-hybridized carbons (Fsp3) is 0.600. The van der Waals surface area contributed by atoms with Crippen LogP contribution in [0.2, 0.25) is 0 Å². The number of rotatable bonds is 5. The van der Waals surface area contributed by atoms with Crippen LogP contribution in [-0.4, -0.2) is 59.3 Å². The molecule has 2 heterocycles. The smallest absolute Gasteiger partial charge is 0.258 e. The Morgan fingerprint density at radius 3 is 3.14 bits per heavy atom. The number of aromatic nitrogens is 1. The number of nitrogens with zero attached hydrogens (tertiary/aromatic N) is 2. The number of aliphatic hydroxyl groups excluding tert-OH is 1. The molecule has 0 saturated carbocycles. The minimum atomic E-state index is -0.311. The molecular formula is C15H23N3O3. The molecule has 1 saturated heterocycles. The normalized spacial score (nSPS) is 22.1. The summed E-state index contributed by atoms with van der Waals surface area (Å²) in [5.41, 5.74) is 0.566. The van der Waals surface area contributed by atoms with Gasteiger partial charge in [-0.15, -0.1) is 0 Å². The molecule has 0 spiro atoms. The van der Waals surface area contributed by atoms with Gasteiger partial charge in [-0.3, -0.25) is 4.79 Å². The van der Waals surface area contributed by atoms with Crippen molar-refractivity contribution in [1.82, 2.24) is 9.88 Å². The van der Waals surface area contributed by atoms with Crippen LogP contribution < -0.4 is 5.32 Å². The van der Waals surface area contributed by atoms with Crippen molar-refractivity contribution in [2.45, 2.75) is 32.4 Å². The molecule has 0 bridgehead atoms. The van der Waals surface area contributed by atoms with Crippen LogP contribution in [0.1, 0.15) is 30.6 Å². The Bertz CT molecular complexity index is 481. The number of amides is 1. The van der Waals surface area contributed by atoms with Crippen molar-refractivity contribution < 1.29 is 14.6 Å². The molecular weight excluding hydrogens is 270 g/mol. The summed E-state index contributed by atoms with van der Waals surface area (Å²) < 4.78 is 5.48. The third-order valence-electron chi connectivity index (χ3n) is 3.55. The van der Waals surface area contributed by atoms with Crippen molar-refractivity contribution in [2.24, 2.45) is 0 Å². The fourth-order valence-electron chi connectivity index (χ4n) is 2.33. The highest BCUT2D eigenvalue weighted by Crippen LogP contribution is 2.19. The van der Waals surface area contributed by atoms with Crippen LogP contribution >= 0.6 is 0 Å². The molecule has 0 radical (unpaired) electrons. The van der Waals surface area contributed by atoms with Gasteiger partial charge in [0.1, 0.15) is 5.82 Å². The molecule has 2 atom stereocenters. The third kappa shape index (κ3) is 3.71. The van der Waals surface area contributed by atoms with E-state index in [0.29, 0.717) is 24.5 Å². The molecule has 1 amide bonds. The van der Waals surface area contributed by atoms with Crippen LogP contribution in [0.3, 0.4) is 0 Å². The van der Waals surface area contributed by atoms with E-state index in [1.165, 1.54) is 0 Å². The highest BCUT2D eigenvalue weighted by atomic mass is 16.5. The number of anilines is 1. The van der Waals surface area contributed by atoms with Gasteiger partial charge in [-0.05, 0) is 25.5 Å². The van der Waals surface area contributed by atoms with Gasteiger partial charge in [-0.25, -0.2) is 4.98 Å². The lowest BCUT2D eigenvalue weighted by atomic mass is 10.1. The SMILES string of the molecule is CCCNc1ncccc1C(=O)N1CC(CO)OCC1C. The number of carbonyl (C=O) groups excluding carboxylic acids is 1. The van der Waals surface area contributed by atoms with Gasteiger partial charge in [0.25, 0.3) is 5.91 Å². The molecule has 6 nitrogen and oxygen atoms in total. The van der Waals surface area contributed by atoms with Crippen molar-refractivity contribution in [3.05, 3.63) is 23.9 Å². The van der Waals surface area contributed by atoms with Gasteiger partial charge in [0.05, 0.1) is 30.9 Å². The summed E-state index contributed by atoms with van der Waals surface area (Å²) in [6.45, 7) is 5.54. The number of hydrogen-bond donors (Lipinski definition) is 2. The number of hydrogen-bond acceptors (Lipinski definition) is 5. The summed E-state index contributed by atoms with van der Waals surface area (Å²) in [7, 11) is 0. The van der Waals surface area contributed by atoms with Crippen LogP contribution in [0.25, 0.3) is 0 Å². The molecule has 1 aliphatic rings. The largest absolute Gasteiger partial charge is 0.394 e. The average molecular weight is 293 g/mol. The van der Waals surface area contributed by atoms with Crippen molar-refractivity contribution in [3.63, 3.8) is 0 Å². The zero-order valence-electron chi connectivity index (χ0n) is 12.6. The molecule has 6 heteroatoms. The highest BCUT2D eigenvalue weighted by molar-refractivity contribution is 5.99. The summed E-state index contributed by atoms with van der Waals surface area (Å²) in [4.78, 5) is 18.8. The van der Waals surface area contributed by atoms with Gasteiger partial charge >= 0.3 is 0 Å². The second-order valence-corrected chi connectivity index (χ2v) is 5.27. The quantitative estimate of drug-likeness (QED) is 0.851. The second kappa shape index (κ2) is 7.38. The lowest BCUT2D eigenvalue weighted by Gasteiger charge is -2.37. The van der Waals surface area contributed by atoms with Crippen molar-refractivity contribution in [1.29, 1.82) is 0 Å². The predicted molar refractivity (Wildman–Crippen MR) is 80.3 cm³/mol. The molecule has 1 aromatic heterocycles. The fourth-order valence-corrected chi connectivity index (χ4v) is 2.33. The Labute approximate surface area is 125 Å². The molecule has 1 aliphatic heterocycles. The predicted octanol–water partition coefficient (Wildman–Crippen LogP) is 1.13. The summed E-state index contributed by atoms with van der Waals surface area (Å²) in [5.74, 6) is 0.541. The first-order valence-electron chi connectivity index (χ1n) is 7.39. The highest BCUT2D eigenvalue weighted by Gasteiger charge is 2.31. The lowest BCUT2D eigenvalue weighted by molar-refractivity contribution is -0.0667. The molecule has 0 aliphatic carbocycles. The molecule has 2 N–H and O–H groups in total. The first-order chi connectivity index (χ1) is 10.2. The number of pyridine rings is 1. The molecule has 0 aromatic carbocycles. The Hall–Kier alpha value is -1.66. The number of carbonyl (C=O) groups is 1. The number of morpholine rings is 1. The third-order valence-corrected chi connectivity index (χ3v) is 3.55. The van der Waals surface area contributed by atoms with Crippen LogP contribution in [0.5, 0.6) is 0 Å². The van der Waals surface area contributed by atoms with Gasteiger partial charge in [-0.2, -0.15) is 0 Å². The van der Waals surface area contributed by atoms with Gasteiger partial charge in [0.2, 0.25) is 0 Å². The Morgan fingerprint density at radius 2 is 2.43 bits per heavy atom. The number of nitrogens with one attached hydrogen (secondary N) is 1. The van der Waals surface area contributed by atoms with E-state index < -0.39 is 0 Å². The second-order valence-electron chi connectivity index (χ2n) is 5.27. The molecule has 1 aromatic rings. The average Bonchev–Trinajstić information content (AvgIpc) is 2.53. The summed E-state index contributed by atoms with van der Waals surface area (Å²) >= 11 is 0. The van der Waals surface area contributed by atoms with Crippen LogP contribution in [0.15, 0.2) is 18.3 Å². The summed E-state index contributed by atoms with van der Waals surface area (Å²) in [6, 6.07) is 3.53. The van der Waals surface area contributed by atoms with E-state index in [2.05, 4.69) is 17.2 Å². The maximum atomic E-state index is 12.8. The lowest BCUT2D eigenvalue weighted by Crippen LogP contribution is -2.52. The zero-order valence-corrected chi connectivity index (χ0v) is 12.6. The molecule has 21 heavy (non-hydrogen) atoms. The summed E-state index contributed by atoms with van der Waals surface area (Å²) in [5, 5.41) is 12.4. The number of aliphatic hydroxyl groups is 1. The van der Waals surface area contributed by atoms with E-state index in [0.717, 1.165) is 13.0 Å². The molecule has 116 valence electrons. The molecule has 2 rings (SSSR count). The topological polar surface area (TPSA) is 74.7 Å². The van der Waals surface area contributed by atoms with Crippen molar-refractivity contribution in [3.8, 4) is 0 Å². The molecule has 1 fully saturated rings. The Kier molecular flexibility index (Phi) is 5.52. The van der Waals surface area contributed by atoms with E-state index >= 15 is 0 Å². The molecule has 2 unspecified atom stereocenters. The first-order valence-corrected chi connectivity index (χ1v) is 7.39.